The summed E-state index contributed by atoms with van der Waals surface area (Å²) >= 11 is 0. The lowest BCUT2D eigenvalue weighted by atomic mass is 10.0. The van der Waals surface area contributed by atoms with Crippen molar-refractivity contribution in [2.45, 2.75) is 18.2 Å². The molecule has 0 spiro atoms. The van der Waals surface area contributed by atoms with Crippen LogP contribution < -0.4 is 0 Å². The van der Waals surface area contributed by atoms with Crippen LogP contribution in [0.1, 0.15) is 23.1 Å². The number of alkyl halides is 2. The van der Waals surface area contributed by atoms with Crippen molar-refractivity contribution in [3.05, 3.63) is 28.8 Å². The summed E-state index contributed by atoms with van der Waals surface area (Å²) in [6, 6.07) is 3.44. The van der Waals surface area contributed by atoms with Crippen molar-refractivity contribution in [1.29, 1.82) is 5.26 Å². The van der Waals surface area contributed by atoms with Crippen LogP contribution in [0.2, 0.25) is 0 Å². The highest BCUT2D eigenvalue weighted by Crippen LogP contribution is 2.30. The van der Waals surface area contributed by atoms with Crippen LogP contribution in [-0.2, 0) is 9.05 Å². The third-order valence-electron chi connectivity index (χ3n) is 2.08. The molecular formula is C9H6ClF2NO2S. The molecule has 1 rings (SSSR count). The standard InChI is InChI=1S/C9H6ClF2NO2S/c1-5-6(9(11)12)2-3-8(7(5)4-13)16(10,14)15/h2-3,9H,1H3. The van der Waals surface area contributed by atoms with Crippen molar-refractivity contribution in [1.82, 2.24) is 0 Å². The van der Waals surface area contributed by atoms with E-state index < -0.39 is 20.4 Å². The molecule has 0 aliphatic heterocycles. The lowest BCUT2D eigenvalue weighted by Gasteiger charge is -2.08. The van der Waals surface area contributed by atoms with Crippen LogP contribution in [0.4, 0.5) is 8.78 Å². The normalized spacial score (nSPS) is 11.5. The highest BCUT2D eigenvalue weighted by molar-refractivity contribution is 8.13. The van der Waals surface area contributed by atoms with Crippen LogP contribution in [0.25, 0.3) is 0 Å². The summed E-state index contributed by atoms with van der Waals surface area (Å²) in [6.45, 7) is 1.26. The topological polar surface area (TPSA) is 57.9 Å². The van der Waals surface area contributed by atoms with Gasteiger partial charge in [-0.2, -0.15) is 5.26 Å². The Bertz CT molecular complexity index is 564. The average molecular weight is 266 g/mol. The van der Waals surface area contributed by atoms with Crippen molar-refractivity contribution in [2.75, 3.05) is 0 Å². The van der Waals surface area contributed by atoms with Gasteiger partial charge in [-0.1, -0.05) is 6.07 Å². The molecule has 1 aromatic carbocycles. The zero-order chi connectivity index (χ0) is 12.5. The first kappa shape index (κ1) is 12.9. The van der Waals surface area contributed by atoms with Crippen LogP contribution in [0.15, 0.2) is 17.0 Å². The molecule has 0 atom stereocenters. The molecule has 0 heterocycles. The average Bonchev–Trinajstić information content (AvgIpc) is 2.15. The molecular weight excluding hydrogens is 260 g/mol. The minimum Gasteiger partial charge on any atom is -0.207 e. The lowest BCUT2D eigenvalue weighted by molar-refractivity contribution is 0.150. The fourth-order valence-corrected chi connectivity index (χ4v) is 2.34. The van der Waals surface area contributed by atoms with E-state index >= 15 is 0 Å². The summed E-state index contributed by atoms with van der Waals surface area (Å²) in [7, 11) is 0.974. The van der Waals surface area contributed by atoms with Gasteiger partial charge in [0.1, 0.15) is 11.0 Å². The molecule has 0 bridgehead atoms. The highest BCUT2D eigenvalue weighted by Gasteiger charge is 2.22. The number of benzene rings is 1. The second-order valence-electron chi connectivity index (χ2n) is 3.00. The number of rotatable bonds is 2. The molecule has 0 aliphatic rings. The Hall–Kier alpha value is -1.19. The minimum atomic E-state index is -4.11. The predicted octanol–water partition coefficient (Wildman–Crippen LogP) is 2.73. The van der Waals surface area contributed by atoms with Gasteiger partial charge in [0.05, 0.1) is 5.56 Å². The smallest absolute Gasteiger partial charge is 0.207 e. The van der Waals surface area contributed by atoms with Gasteiger partial charge in [0.2, 0.25) is 0 Å². The van der Waals surface area contributed by atoms with Gasteiger partial charge in [0.15, 0.2) is 0 Å². The molecule has 0 aromatic heterocycles. The Morgan fingerprint density at radius 1 is 1.44 bits per heavy atom. The minimum absolute atomic E-state index is 0.0702. The Morgan fingerprint density at radius 2 is 2.00 bits per heavy atom. The van der Waals surface area contributed by atoms with E-state index in [4.69, 9.17) is 15.9 Å². The lowest BCUT2D eigenvalue weighted by Crippen LogP contribution is -2.01. The Balaban J connectivity index is 3.62. The molecule has 0 amide bonds. The maximum Gasteiger partial charge on any atom is 0.264 e. The summed E-state index contributed by atoms with van der Waals surface area (Å²) in [4.78, 5) is -0.446. The summed E-state index contributed by atoms with van der Waals surface area (Å²) in [5.74, 6) is 0. The zero-order valence-electron chi connectivity index (χ0n) is 8.04. The highest BCUT2D eigenvalue weighted by atomic mass is 35.7. The molecule has 0 fully saturated rings. The van der Waals surface area contributed by atoms with Crippen LogP contribution in [0.5, 0.6) is 0 Å². The largest absolute Gasteiger partial charge is 0.264 e. The number of nitriles is 1. The third-order valence-corrected chi connectivity index (χ3v) is 3.44. The molecule has 0 unspecified atom stereocenters. The van der Waals surface area contributed by atoms with E-state index in [9.17, 15) is 17.2 Å². The molecule has 3 nitrogen and oxygen atoms in total. The van der Waals surface area contributed by atoms with Gasteiger partial charge in [-0.25, -0.2) is 17.2 Å². The number of nitrogens with zero attached hydrogens (tertiary/aromatic N) is 1. The quantitative estimate of drug-likeness (QED) is 0.773. The number of hydrogen-bond acceptors (Lipinski definition) is 3. The molecule has 1 aromatic rings. The summed E-state index contributed by atoms with van der Waals surface area (Å²) < 4.78 is 47.1. The predicted molar refractivity (Wildman–Crippen MR) is 53.9 cm³/mol. The summed E-state index contributed by atoms with van der Waals surface area (Å²) in [6.07, 6.45) is -2.76. The van der Waals surface area contributed by atoms with E-state index in [-0.39, 0.29) is 16.7 Å². The van der Waals surface area contributed by atoms with Gasteiger partial charge < -0.3 is 0 Å². The molecule has 0 N–H and O–H groups in total. The van der Waals surface area contributed by atoms with E-state index in [1.54, 1.807) is 6.07 Å². The van der Waals surface area contributed by atoms with Crippen molar-refractivity contribution < 1.29 is 17.2 Å². The SMILES string of the molecule is Cc1c(C(F)F)ccc(S(=O)(=O)Cl)c1C#N. The maximum atomic E-state index is 12.5. The fourth-order valence-electron chi connectivity index (χ4n) is 1.28. The molecule has 0 radical (unpaired) electrons. The monoisotopic (exact) mass is 265 g/mol. The maximum absolute atomic E-state index is 12.5. The van der Waals surface area contributed by atoms with Gasteiger partial charge in [0, 0.05) is 16.2 Å². The van der Waals surface area contributed by atoms with Gasteiger partial charge in [-0.05, 0) is 18.6 Å². The first-order valence-corrected chi connectivity index (χ1v) is 6.36. The van der Waals surface area contributed by atoms with E-state index in [1.165, 1.54) is 6.92 Å². The van der Waals surface area contributed by atoms with Crippen molar-refractivity contribution in [3.8, 4) is 6.07 Å². The first-order chi connectivity index (χ1) is 7.29. The van der Waals surface area contributed by atoms with E-state index in [0.29, 0.717) is 0 Å². The van der Waals surface area contributed by atoms with Gasteiger partial charge in [-0.15, -0.1) is 0 Å². The van der Waals surface area contributed by atoms with E-state index in [0.717, 1.165) is 12.1 Å². The van der Waals surface area contributed by atoms with Gasteiger partial charge in [0.25, 0.3) is 15.5 Å². The van der Waals surface area contributed by atoms with Crippen LogP contribution >= 0.6 is 10.7 Å². The van der Waals surface area contributed by atoms with Crippen molar-refractivity contribution >= 4 is 19.7 Å². The molecule has 16 heavy (non-hydrogen) atoms. The molecule has 86 valence electrons. The van der Waals surface area contributed by atoms with E-state index in [2.05, 4.69) is 0 Å². The summed E-state index contributed by atoms with van der Waals surface area (Å²) in [5, 5.41) is 8.75. The van der Waals surface area contributed by atoms with Gasteiger partial charge >= 0.3 is 0 Å². The Labute approximate surface area is 95.7 Å². The number of hydrogen-bond donors (Lipinski definition) is 0. The van der Waals surface area contributed by atoms with E-state index in [1.807, 2.05) is 0 Å². The zero-order valence-corrected chi connectivity index (χ0v) is 9.61. The van der Waals surface area contributed by atoms with Crippen LogP contribution in [0, 0.1) is 18.3 Å². The summed E-state index contributed by atoms with van der Waals surface area (Å²) in [5.41, 5.74) is -0.785. The molecule has 0 saturated carbocycles. The molecule has 0 aliphatic carbocycles. The molecule has 7 heteroatoms. The Kier molecular flexibility index (Phi) is 3.51. The second-order valence-corrected chi connectivity index (χ2v) is 5.54. The van der Waals surface area contributed by atoms with Crippen LogP contribution in [0.3, 0.4) is 0 Å². The first-order valence-electron chi connectivity index (χ1n) is 4.05. The fraction of sp³-hybridized carbons (Fsp3) is 0.222. The third kappa shape index (κ3) is 2.31. The van der Waals surface area contributed by atoms with Crippen LogP contribution in [-0.4, -0.2) is 8.42 Å². The Morgan fingerprint density at radius 3 is 2.38 bits per heavy atom. The van der Waals surface area contributed by atoms with Gasteiger partial charge in [-0.3, -0.25) is 0 Å². The number of halogens is 3. The van der Waals surface area contributed by atoms with Crippen molar-refractivity contribution in [2.24, 2.45) is 0 Å². The molecule has 0 saturated heterocycles. The second kappa shape index (κ2) is 4.36. The van der Waals surface area contributed by atoms with Crippen molar-refractivity contribution in [3.63, 3.8) is 0 Å².